The van der Waals surface area contributed by atoms with Crippen LogP contribution in [0, 0.1) is 0 Å². The minimum absolute atomic E-state index is 0.145. The second kappa shape index (κ2) is 13.2. The van der Waals surface area contributed by atoms with E-state index >= 15 is 0 Å². The molecule has 1 heterocycles. The zero-order valence-corrected chi connectivity index (χ0v) is 23.7. The Morgan fingerprint density at radius 2 is 1.62 bits per heavy atom. The number of aromatic nitrogens is 1. The molecule has 0 fully saturated rings. The molecule has 202 valence electrons. The van der Waals surface area contributed by atoms with Crippen LogP contribution in [0.2, 0.25) is 0 Å². The molecule has 0 aliphatic rings. The molecule has 0 aliphatic carbocycles. The van der Waals surface area contributed by atoms with E-state index in [0.29, 0.717) is 34.5 Å². The Balaban J connectivity index is 1.33. The third-order valence-electron chi connectivity index (χ3n) is 5.64. The molecule has 1 aromatic heterocycles. The van der Waals surface area contributed by atoms with Gasteiger partial charge in [-0.05, 0) is 74.5 Å². The van der Waals surface area contributed by atoms with Crippen LogP contribution in [0.15, 0.2) is 77.0 Å². The molecule has 3 aromatic carbocycles. The van der Waals surface area contributed by atoms with Crippen LogP contribution in [-0.2, 0) is 4.79 Å². The Morgan fingerprint density at radius 1 is 0.949 bits per heavy atom. The molecule has 0 saturated heterocycles. The molecule has 0 bridgehead atoms. The molecule has 2 N–H and O–H groups in total. The van der Waals surface area contributed by atoms with E-state index in [-0.39, 0.29) is 17.1 Å². The lowest BCUT2D eigenvalue weighted by Crippen LogP contribution is -2.22. The maximum atomic E-state index is 12.9. The number of methoxy groups -OCH3 is 2. The number of carbonyl (C=O) groups excluding carboxylic acids is 2. The Bertz CT molecular complexity index is 1400. The molecule has 39 heavy (non-hydrogen) atoms. The number of nitrogens with one attached hydrogen (secondary N) is 2. The number of hydrogen-bond donors (Lipinski definition) is 2. The fraction of sp³-hybridized carbons (Fsp3) is 0.207. The number of nitrogens with zero attached hydrogens (tertiary/aromatic N) is 1. The highest BCUT2D eigenvalue weighted by Gasteiger charge is 2.19. The fourth-order valence-electron chi connectivity index (χ4n) is 3.70. The lowest BCUT2D eigenvalue weighted by molar-refractivity contribution is -0.115. The molecule has 1 atom stereocenters. The second-order valence-corrected chi connectivity index (χ2v) is 10.5. The molecule has 0 aliphatic heterocycles. The smallest absolute Gasteiger partial charge is 0.263 e. The molecule has 2 amide bonds. The van der Waals surface area contributed by atoms with E-state index in [1.165, 1.54) is 37.3 Å². The summed E-state index contributed by atoms with van der Waals surface area (Å²) >= 11 is 2.79. The number of benzene rings is 3. The SMILES string of the molecule is CCOc1ccc(-c2csc(NC(=O)C(C)Sc3ccc(NC(=O)c4c(OC)cccc4OC)cc3)n2)cc1. The molecule has 4 aromatic rings. The molecule has 0 spiro atoms. The quantitative estimate of drug-likeness (QED) is 0.198. The summed E-state index contributed by atoms with van der Waals surface area (Å²) in [6, 6.07) is 20.2. The molecule has 0 radical (unpaired) electrons. The maximum absolute atomic E-state index is 12.9. The summed E-state index contributed by atoms with van der Waals surface area (Å²) in [5.41, 5.74) is 2.68. The molecule has 4 rings (SSSR count). The van der Waals surface area contributed by atoms with E-state index in [0.717, 1.165) is 21.9 Å². The average molecular weight is 564 g/mol. The van der Waals surface area contributed by atoms with Gasteiger partial charge in [0.05, 0.1) is 31.8 Å². The van der Waals surface area contributed by atoms with Crippen molar-refractivity contribution in [1.29, 1.82) is 0 Å². The monoisotopic (exact) mass is 563 g/mol. The van der Waals surface area contributed by atoms with Crippen molar-refractivity contribution in [2.45, 2.75) is 24.0 Å². The van der Waals surface area contributed by atoms with Crippen LogP contribution in [0.4, 0.5) is 10.8 Å². The number of anilines is 2. The van der Waals surface area contributed by atoms with Gasteiger partial charge in [0.15, 0.2) is 5.13 Å². The van der Waals surface area contributed by atoms with Gasteiger partial charge in [-0.15, -0.1) is 23.1 Å². The van der Waals surface area contributed by atoms with E-state index in [2.05, 4.69) is 15.6 Å². The van der Waals surface area contributed by atoms with Crippen LogP contribution in [0.3, 0.4) is 0 Å². The van der Waals surface area contributed by atoms with Gasteiger partial charge in [0.1, 0.15) is 22.8 Å². The minimum atomic E-state index is -0.360. The Kier molecular flexibility index (Phi) is 9.45. The van der Waals surface area contributed by atoms with Gasteiger partial charge in [-0.1, -0.05) is 6.07 Å². The standard InChI is InChI=1S/C29H29N3O5S2/c1-5-37-21-13-9-19(10-14-21)23-17-38-29(31-23)32-27(33)18(2)39-22-15-11-20(12-16-22)30-28(34)26-24(35-3)7-6-8-25(26)36-4/h6-18H,5H2,1-4H3,(H,30,34)(H,31,32,33). The zero-order chi connectivity index (χ0) is 27.8. The van der Waals surface area contributed by atoms with E-state index in [1.54, 1.807) is 30.3 Å². The Hall–Kier alpha value is -4.02. The summed E-state index contributed by atoms with van der Waals surface area (Å²) in [4.78, 5) is 31.1. The molecule has 10 heteroatoms. The predicted molar refractivity (Wildman–Crippen MR) is 157 cm³/mol. The number of carbonyl (C=O) groups is 2. The summed E-state index contributed by atoms with van der Waals surface area (Å²) in [6.07, 6.45) is 0. The number of ether oxygens (including phenoxy) is 3. The van der Waals surface area contributed by atoms with Gasteiger partial charge >= 0.3 is 0 Å². The van der Waals surface area contributed by atoms with Crippen LogP contribution < -0.4 is 24.8 Å². The first-order valence-electron chi connectivity index (χ1n) is 12.2. The van der Waals surface area contributed by atoms with Crippen molar-refractivity contribution < 1.29 is 23.8 Å². The minimum Gasteiger partial charge on any atom is -0.496 e. The normalized spacial score (nSPS) is 11.4. The molecule has 0 saturated carbocycles. The lowest BCUT2D eigenvalue weighted by Gasteiger charge is -2.14. The number of hydrogen-bond acceptors (Lipinski definition) is 8. The van der Waals surface area contributed by atoms with Crippen LogP contribution in [0.25, 0.3) is 11.3 Å². The van der Waals surface area contributed by atoms with Gasteiger partial charge < -0.3 is 24.8 Å². The number of amides is 2. The maximum Gasteiger partial charge on any atom is 0.263 e. The fourth-order valence-corrected chi connectivity index (χ4v) is 5.29. The van der Waals surface area contributed by atoms with Gasteiger partial charge in [0.25, 0.3) is 5.91 Å². The highest BCUT2D eigenvalue weighted by Crippen LogP contribution is 2.31. The molecule has 8 nitrogen and oxygen atoms in total. The summed E-state index contributed by atoms with van der Waals surface area (Å²) in [6.45, 7) is 4.40. The van der Waals surface area contributed by atoms with Crippen LogP contribution >= 0.6 is 23.1 Å². The topological polar surface area (TPSA) is 98.8 Å². The largest absolute Gasteiger partial charge is 0.496 e. The van der Waals surface area contributed by atoms with Gasteiger partial charge in [0, 0.05) is 21.5 Å². The average Bonchev–Trinajstić information content (AvgIpc) is 3.42. The lowest BCUT2D eigenvalue weighted by atomic mass is 10.1. The van der Waals surface area contributed by atoms with Gasteiger partial charge in [-0.2, -0.15) is 0 Å². The number of rotatable bonds is 11. The van der Waals surface area contributed by atoms with Crippen molar-refractivity contribution in [3.05, 3.63) is 77.7 Å². The predicted octanol–water partition coefficient (Wildman–Crippen LogP) is 6.60. The molecular formula is C29H29N3O5S2. The second-order valence-electron chi connectivity index (χ2n) is 8.26. The van der Waals surface area contributed by atoms with Crippen molar-refractivity contribution in [3.8, 4) is 28.5 Å². The number of thioether (sulfide) groups is 1. The highest BCUT2D eigenvalue weighted by atomic mass is 32.2. The number of thiazole rings is 1. The van der Waals surface area contributed by atoms with Crippen LogP contribution in [0.5, 0.6) is 17.2 Å². The summed E-state index contributed by atoms with van der Waals surface area (Å²) < 4.78 is 16.1. The summed E-state index contributed by atoms with van der Waals surface area (Å²) in [5, 5.41) is 7.87. The van der Waals surface area contributed by atoms with Crippen molar-refractivity contribution in [1.82, 2.24) is 4.98 Å². The van der Waals surface area contributed by atoms with E-state index in [9.17, 15) is 9.59 Å². The van der Waals surface area contributed by atoms with E-state index in [1.807, 2.05) is 55.6 Å². The van der Waals surface area contributed by atoms with Crippen molar-refractivity contribution >= 4 is 45.7 Å². The van der Waals surface area contributed by atoms with Crippen molar-refractivity contribution in [2.24, 2.45) is 0 Å². The van der Waals surface area contributed by atoms with Crippen LogP contribution in [-0.4, -0.2) is 42.9 Å². The van der Waals surface area contributed by atoms with Gasteiger partial charge in [-0.25, -0.2) is 4.98 Å². The zero-order valence-electron chi connectivity index (χ0n) is 22.0. The molecular weight excluding hydrogens is 534 g/mol. The van der Waals surface area contributed by atoms with Crippen molar-refractivity contribution in [3.63, 3.8) is 0 Å². The summed E-state index contributed by atoms with van der Waals surface area (Å²) in [5.74, 6) is 1.16. The third kappa shape index (κ3) is 7.10. The van der Waals surface area contributed by atoms with E-state index in [4.69, 9.17) is 14.2 Å². The molecule has 1 unspecified atom stereocenters. The highest BCUT2D eigenvalue weighted by molar-refractivity contribution is 8.00. The summed E-state index contributed by atoms with van der Waals surface area (Å²) in [7, 11) is 3.01. The van der Waals surface area contributed by atoms with Crippen LogP contribution in [0.1, 0.15) is 24.2 Å². The first kappa shape index (κ1) is 28.0. The van der Waals surface area contributed by atoms with Gasteiger partial charge in [-0.3, -0.25) is 9.59 Å². The first-order chi connectivity index (χ1) is 18.9. The van der Waals surface area contributed by atoms with Crippen molar-refractivity contribution in [2.75, 3.05) is 31.5 Å². The van der Waals surface area contributed by atoms with Gasteiger partial charge in [0.2, 0.25) is 5.91 Å². The third-order valence-corrected chi connectivity index (χ3v) is 7.51. The van der Waals surface area contributed by atoms with E-state index < -0.39 is 0 Å². The first-order valence-corrected chi connectivity index (χ1v) is 14.0. The Morgan fingerprint density at radius 3 is 2.23 bits per heavy atom. The Labute approximate surface area is 235 Å².